The molecule has 13 rings (SSSR count). The molecule has 13 aromatic rings. The summed E-state index contributed by atoms with van der Waals surface area (Å²) < 4.78 is 24.2. The summed E-state index contributed by atoms with van der Waals surface area (Å²) in [6.07, 6.45) is 13.0. The van der Waals surface area contributed by atoms with Gasteiger partial charge in [0.1, 0.15) is 69.0 Å². The van der Waals surface area contributed by atoms with Crippen LogP contribution >= 0.6 is 22.7 Å². The molecule has 0 aliphatic rings. The maximum absolute atomic E-state index is 12.6. The van der Waals surface area contributed by atoms with Crippen molar-refractivity contribution in [3.8, 4) is 33.6 Å². The molecule has 404 valence electrons. The van der Waals surface area contributed by atoms with Crippen molar-refractivity contribution in [1.82, 2.24) is 72.7 Å². The van der Waals surface area contributed by atoms with E-state index in [1.807, 2.05) is 60.1 Å². The van der Waals surface area contributed by atoms with E-state index in [0.29, 0.717) is 99.6 Å². The fraction of sp³-hybridized carbons (Fsp3) is 0.214. The number of fused-ring (bicyclic) bond motifs is 4. The average molecular weight is 1110 g/mol. The zero-order chi connectivity index (χ0) is 56.0. The van der Waals surface area contributed by atoms with Gasteiger partial charge in [0, 0.05) is 57.9 Å². The minimum Gasteiger partial charge on any atom is -0.469 e. The molecule has 12 heterocycles. The van der Waals surface area contributed by atoms with Crippen molar-refractivity contribution in [1.29, 1.82) is 0 Å². The first-order valence-corrected chi connectivity index (χ1v) is 26.9. The van der Waals surface area contributed by atoms with E-state index in [0.717, 1.165) is 42.6 Å². The second kappa shape index (κ2) is 23.5. The number of aromatic nitrogens is 15. The SMILES string of the molecule is CC(C)c1nc(-c2nccs2)c2sccc2n1.Cc1nc(-c2ccco2)c2ncn(C(=O)CCc3ccccc3)c2n1.Cc1nc(-c2ccco2)c2ncn(C(=O)CCc3ccco3)c2n1.Cn1c(=O)c2c(ncn2C)n(C)c1=O. The molecule has 22 nitrogen and oxygen atoms in total. The predicted octanol–water partition coefficient (Wildman–Crippen LogP) is 9.84. The highest BCUT2D eigenvalue weighted by atomic mass is 32.1. The van der Waals surface area contributed by atoms with E-state index in [9.17, 15) is 19.2 Å². The number of furan rings is 3. The van der Waals surface area contributed by atoms with Crippen molar-refractivity contribution in [2.45, 2.75) is 59.3 Å². The molecule has 0 fully saturated rings. The normalized spacial score (nSPS) is 11.2. The van der Waals surface area contributed by atoms with Crippen molar-refractivity contribution in [2.75, 3.05) is 0 Å². The van der Waals surface area contributed by atoms with Crippen LogP contribution in [0.1, 0.15) is 71.0 Å². The minimum absolute atomic E-state index is 0.0464. The van der Waals surface area contributed by atoms with Gasteiger partial charge in [0.25, 0.3) is 5.56 Å². The van der Waals surface area contributed by atoms with Crippen LogP contribution in [0.25, 0.3) is 77.3 Å². The molecule has 1 aromatic carbocycles. The molecule has 0 radical (unpaired) electrons. The Morgan fingerprint density at radius 2 is 1.20 bits per heavy atom. The summed E-state index contributed by atoms with van der Waals surface area (Å²) in [6.45, 7) is 7.78. The maximum atomic E-state index is 12.6. The van der Waals surface area contributed by atoms with Crippen molar-refractivity contribution < 1.29 is 22.8 Å². The minimum atomic E-state index is -0.360. The number of aryl methyl sites for hydroxylation is 6. The summed E-state index contributed by atoms with van der Waals surface area (Å²) >= 11 is 3.29. The first-order valence-electron chi connectivity index (χ1n) is 25.1. The number of thiophene rings is 1. The Kier molecular flexibility index (Phi) is 15.8. The number of carbonyl (C=O) groups excluding carboxylic acids is 2. The van der Waals surface area contributed by atoms with E-state index in [1.54, 1.807) is 98.2 Å². The molecule has 24 heteroatoms. The average Bonchev–Trinajstić information content (AvgIpc) is 4.37. The highest BCUT2D eigenvalue weighted by molar-refractivity contribution is 7.18. The molecule has 0 aliphatic heterocycles. The Hall–Kier alpha value is -9.68. The van der Waals surface area contributed by atoms with Crippen LogP contribution in [0.4, 0.5) is 0 Å². The van der Waals surface area contributed by atoms with Crippen LogP contribution < -0.4 is 11.2 Å². The molecule has 0 bridgehead atoms. The van der Waals surface area contributed by atoms with Crippen LogP contribution in [0.15, 0.2) is 150 Å². The standard InChI is InChI=1S/C19H16N4O2.C17H14N4O3.C12H11N3S2.C8H10N4O2/c1-13-21-17(15-8-5-11-25-15)18-19(22-13)23(12-20-18)16(24)10-9-14-6-3-2-4-7-14;1-11-19-15(13-5-3-9-24-13)16-17(20-11)21(10-18-16)14(22)7-6-12-4-2-8-23-12;1-7(2)11-14-8-3-5-16-10(8)9(15-11)12-13-4-6-17-12;1-10-4-9-6-5(10)7(13)12(3)8(14)11(6)2/h2-8,11-12H,9-10H2,1H3;2-5,8-10H,6-7H2,1H3;3-7H,1-2H3;4H,1-3H3. The topological polar surface area (TPSA) is 261 Å². The van der Waals surface area contributed by atoms with Crippen LogP contribution in [0, 0.1) is 13.8 Å². The third-order valence-corrected chi connectivity index (χ3v) is 14.2. The third kappa shape index (κ3) is 11.3. The van der Waals surface area contributed by atoms with E-state index >= 15 is 0 Å². The molecule has 0 saturated heterocycles. The van der Waals surface area contributed by atoms with Gasteiger partial charge in [-0.1, -0.05) is 44.2 Å². The zero-order valence-corrected chi connectivity index (χ0v) is 46.0. The molecular formula is C56H51N15O7S2. The summed E-state index contributed by atoms with van der Waals surface area (Å²) in [5.41, 5.74) is 6.59. The molecule has 0 atom stereocenters. The number of nitrogens with zero attached hydrogens (tertiary/aromatic N) is 15. The predicted molar refractivity (Wildman–Crippen MR) is 302 cm³/mol. The van der Waals surface area contributed by atoms with Gasteiger partial charge in [-0.3, -0.25) is 32.7 Å². The number of thiazole rings is 1. The van der Waals surface area contributed by atoms with Gasteiger partial charge in [-0.15, -0.1) is 22.7 Å². The van der Waals surface area contributed by atoms with Crippen LogP contribution in [0.5, 0.6) is 0 Å². The highest BCUT2D eigenvalue weighted by Gasteiger charge is 2.21. The van der Waals surface area contributed by atoms with Gasteiger partial charge < -0.3 is 17.8 Å². The van der Waals surface area contributed by atoms with Gasteiger partial charge in [-0.2, -0.15) is 0 Å². The summed E-state index contributed by atoms with van der Waals surface area (Å²) in [7, 11) is 4.77. The van der Waals surface area contributed by atoms with Crippen molar-refractivity contribution in [3.05, 3.63) is 177 Å². The summed E-state index contributed by atoms with van der Waals surface area (Å²) in [5, 5.41) is 5.01. The lowest BCUT2D eigenvalue weighted by atomic mass is 10.1. The lowest BCUT2D eigenvalue weighted by molar-refractivity contribution is 0.0897. The van der Waals surface area contributed by atoms with Gasteiger partial charge in [-0.25, -0.2) is 54.6 Å². The molecule has 12 aromatic heterocycles. The highest BCUT2D eigenvalue weighted by Crippen LogP contribution is 2.33. The Labute approximate surface area is 462 Å². The van der Waals surface area contributed by atoms with Gasteiger partial charge in [-0.05, 0) is 73.7 Å². The first-order chi connectivity index (χ1) is 38.7. The Bertz CT molecular complexity index is 4380. The molecule has 0 saturated carbocycles. The zero-order valence-electron chi connectivity index (χ0n) is 44.4. The maximum Gasteiger partial charge on any atom is 0.332 e. The van der Waals surface area contributed by atoms with Gasteiger partial charge >= 0.3 is 5.69 Å². The largest absolute Gasteiger partial charge is 0.469 e. The van der Waals surface area contributed by atoms with Crippen molar-refractivity contribution in [2.24, 2.45) is 21.1 Å². The van der Waals surface area contributed by atoms with Crippen LogP contribution in [0.2, 0.25) is 0 Å². The fourth-order valence-corrected chi connectivity index (χ4v) is 9.99. The van der Waals surface area contributed by atoms with Gasteiger partial charge in [0.15, 0.2) is 34.0 Å². The van der Waals surface area contributed by atoms with Gasteiger partial charge in [0.2, 0.25) is 11.8 Å². The molecule has 80 heavy (non-hydrogen) atoms. The van der Waals surface area contributed by atoms with Crippen molar-refractivity contribution >= 4 is 78.2 Å². The number of benzene rings is 1. The number of imidazole rings is 3. The monoisotopic (exact) mass is 1110 g/mol. The van der Waals surface area contributed by atoms with Gasteiger partial charge in [0.05, 0.1) is 35.3 Å². The third-order valence-electron chi connectivity index (χ3n) is 12.5. The first kappa shape index (κ1) is 53.7. The van der Waals surface area contributed by atoms with E-state index in [4.69, 9.17) is 13.3 Å². The molecule has 0 spiro atoms. The van der Waals surface area contributed by atoms with Crippen LogP contribution in [0.3, 0.4) is 0 Å². The summed E-state index contributed by atoms with van der Waals surface area (Å²) in [4.78, 5) is 92.2. The number of rotatable bonds is 10. The Morgan fingerprint density at radius 1 is 0.588 bits per heavy atom. The molecule has 0 amide bonds. The molecule has 0 unspecified atom stereocenters. The van der Waals surface area contributed by atoms with E-state index in [-0.39, 0.29) is 23.1 Å². The van der Waals surface area contributed by atoms with Crippen molar-refractivity contribution in [3.63, 3.8) is 0 Å². The number of carbonyl (C=O) groups is 2. The molecule has 0 aliphatic carbocycles. The lowest BCUT2D eigenvalue weighted by Crippen LogP contribution is -2.37. The summed E-state index contributed by atoms with van der Waals surface area (Å²) in [6, 6.07) is 22.8. The lowest BCUT2D eigenvalue weighted by Gasteiger charge is -2.06. The second-order valence-electron chi connectivity index (χ2n) is 18.4. The number of hydrogen-bond acceptors (Lipinski definition) is 19. The Balaban J connectivity index is 0.000000123. The Morgan fingerprint density at radius 3 is 1.76 bits per heavy atom. The van der Waals surface area contributed by atoms with Crippen LogP contribution in [-0.4, -0.2) is 84.5 Å². The summed E-state index contributed by atoms with van der Waals surface area (Å²) in [5.74, 6) is 4.17. The molecule has 0 N–H and O–H groups in total. The quantitative estimate of drug-likeness (QED) is 0.123. The van der Waals surface area contributed by atoms with E-state index in [1.165, 1.54) is 39.7 Å². The fourth-order valence-electron chi connectivity index (χ4n) is 8.47. The smallest absolute Gasteiger partial charge is 0.332 e. The van der Waals surface area contributed by atoms with E-state index < -0.39 is 0 Å². The van der Waals surface area contributed by atoms with Crippen LogP contribution in [-0.2, 0) is 34.0 Å². The second-order valence-corrected chi connectivity index (χ2v) is 20.2. The van der Waals surface area contributed by atoms with E-state index in [2.05, 4.69) is 69.1 Å². The number of hydrogen-bond donors (Lipinski definition) is 0. The molecular weight excluding hydrogens is 1060 g/mol.